The number of ether oxygens (including phenoxy) is 1. The number of carbonyl (C=O) groups excluding carboxylic acids is 1. The van der Waals surface area contributed by atoms with Gasteiger partial charge in [0.2, 0.25) is 5.82 Å². The van der Waals surface area contributed by atoms with E-state index in [-0.39, 0.29) is 5.82 Å². The Morgan fingerprint density at radius 1 is 1.33 bits per heavy atom. The SMILES string of the molecule is CC(C)C[C@@H](N)OC(=O)c1nccn1Cc1ccccc1. The van der Waals surface area contributed by atoms with E-state index in [2.05, 4.69) is 4.98 Å². The van der Waals surface area contributed by atoms with Crippen molar-refractivity contribution in [1.82, 2.24) is 9.55 Å². The fourth-order valence-electron chi connectivity index (χ4n) is 2.11. The number of nitrogens with two attached hydrogens (primary N) is 1. The van der Waals surface area contributed by atoms with Crippen molar-refractivity contribution >= 4 is 5.97 Å². The van der Waals surface area contributed by atoms with E-state index in [0.717, 1.165) is 5.56 Å². The minimum Gasteiger partial charge on any atom is -0.441 e. The second kappa shape index (κ2) is 7.04. The highest BCUT2D eigenvalue weighted by Crippen LogP contribution is 2.09. The van der Waals surface area contributed by atoms with Crippen LogP contribution in [-0.4, -0.2) is 21.7 Å². The maximum atomic E-state index is 12.1. The van der Waals surface area contributed by atoms with Gasteiger partial charge in [0.25, 0.3) is 0 Å². The van der Waals surface area contributed by atoms with Crippen molar-refractivity contribution in [3.8, 4) is 0 Å². The number of esters is 1. The van der Waals surface area contributed by atoms with Crippen molar-refractivity contribution in [3.05, 3.63) is 54.1 Å². The van der Waals surface area contributed by atoms with Crippen molar-refractivity contribution in [2.24, 2.45) is 11.7 Å². The normalized spacial score (nSPS) is 12.4. The predicted molar refractivity (Wildman–Crippen MR) is 80.6 cm³/mol. The van der Waals surface area contributed by atoms with E-state index in [1.807, 2.05) is 44.2 Å². The first-order valence-corrected chi connectivity index (χ1v) is 7.08. The summed E-state index contributed by atoms with van der Waals surface area (Å²) in [6.07, 6.45) is 3.38. The summed E-state index contributed by atoms with van der Waals surface area (Å²) in [5.74, 6) is 0.166. The molecule has 0 bridgehead atoms. The Morgan fingerprint density at radius 2 is 2.05 bits per heavy atom. The number of hydrogen-bond donors (Lipinski definition) is 1. The maximum absolute atomic E-state index is 12.1. The van der Waals surface area contributed by atoms with E-state index in [0.29, 0.717) is 18.9 Å². The van der Waals surface area contributed by atoms with Gasteiger partial charge in [-0.1, -0.05) is 44.2 Å². The fourth-order valence-corrected chi connectivity index (χ4v) is 2.11. The molecule has 2 aromatic rings. The van der Waals surface area contributed by atoms with Gasteiger partial charge in [-0.05, 0) is 11.5 Å². The molecule has 1 aromatic heterocycles. The molecule has 0 aliphatic heterocycles. The molecular formula is C16H21N3O2. The lowest BCUT2D eigenvalue weighted by molar-refractivity contribution is 0.0251. The quantitative estimate of drug-likeness (QED) is 0.654. The molecule has 0 fully saturated rings. The molecule has 0 aliphatic rings. The van der Waals surface area contributed by atoms with Crippen LogP contribution in [0.3, 0.4) is 0 Å². The van der Waals surface area contributed by atoms with E-state index in [9.17, 15) is 4.79 Å². The second-order valence-electron chi connectivity index (χ2n) is 5.44. The zero-order valence-electron chi connectivity index (χ0n) is 12.4. The first kappa shape index (κ1) is 15.3. The van der Waals surface area contributed by atoms with Gasteiger partial charge in [-0.2, -0.15) is 0 Å². The molecule has 5 heteroatoms. The highest BCUT2D eigenvalue weighted by atomic mass is 16.6. The lowest BCUT2D eigenvalue weighted by Gasteiger charge is -2.15. The Kier molecular flexibility index (Phi) is 5.11. The lowest BCUT2D eigenvalue weighted by atomic mass is 10.1. The van der Waals surface area contributed by atoms with Crippen LogP contribution in [0, 0.1) is 5.92 Å². The van der Waals surface area contributed by atoms with Crippen LogP contribution in [-0.2, 0) is 11.3 Å². The number of hydrogen-bond acceptors (Lipinski definition) is 4. The largest absolute Gasteiger partial charge is 0.441 e. The summed E-state index contributed by atoms with van der Waals surface area (Å²) in [7, 11) is 0. The van der Waals surface area contributed by atoms with Crippen LogP contribution in [0.4, 0.5) is 0 Å². The summed E-state index contributed by atoms with van der Waals surface area (Å²) >= 11 is 0. The fraction of sp³-hybridized carbons (Fsp3) is 0.375. The number of carbonyl (C=O) groups is 1. The summed E-state index contributed by atoms with van der Waals surface area (Å²) in [5.41, 5.74) is 6.90. The summed E-state index contributed by atoms with van der Waals surface area (Å²) < 4.78 is 7.00. The van der Waals surface area contributed by atoms with Gasteiger partial charge in [0.15, 0.2) is 6.23 Å². The van der Waals surface area contributed by atoms with Gasteiger partial charge in [-0.15, -0.1) is 0 Å². The van der Waals surface area contributed by atoms with Crippen LogP contribution in [0.15, 0.2) is 42.7 Å². The molecule has 0 spiro atoms. The van der Waals surface area contributed by atoms with Crippen LogP contribution in [0.5, 0.6) is 0 Å². The van der Waals surface area contributed by atoms with Gasteiger partial charge in [-0.3, -0.25) is 5.73 Å². The van der Waals surface area contributed by atoms with Crippen LogP contribution in [0.2, 0.25) is 0 Å². The van der Waals surface area contributed by atoms with Gasteiger partial charge >= 0.3 is 5.97 Å². The smallest absolute Gasteiger partial charge is 0.376 e. The van der Waals surface area contributed by atoms with Gasteiger partial charge in [-0.25, -0.2) is 9.78 Å². The summed E-state index contributed by atoms with van der Waals surface area (Å²) in [6.45, 7) is 4.64. The summed E-state index contributed by atoms with van der Waals surface area (Å²) in [6, 6.07) is 9.88. The zero-order valence-corrected chi connectivity index (χ0v) is 12.4. The highest BCUT2D eigenvalue weighted by molar-refractivity contribution is 5.85. The molecule has 1 heterocycles. The number of aromatic nitrogens is 2. The second-order valence-corrected chi connectivity index (χ2v) is 5.44. The van der Waals surface area contributed by atoms with Crippen LogP contribution >= 0.6 is 0 Å². The van der Waals surface area contributed by atoms with E-state index in [1.54, 1.807) is 17.0 Å². The number of nitrogens with zero attached hydrogens (tertiary/aromatic N) is 2. The predicted octanol–water partition coefficient (Wildman–Crippen LogP) is 2.42. The molecule has 21 heavy (non-hydrogen) atoms. The van der Waals surface area contributed by atoms with E-state index >= 15 is 0 Å². The minimum atomic E-state index is -0.598. The Hall–Kier alpha value is -2.14. The van der Waals surface area contributed by atoms with Crippen LogP contribution in [0.25, 0.3) is 0 Å². The topological polar surface area (TPSA) is 70.1 Å². The molecule has 0 saturated carbocycles. The van der Waals surface area contributed by atoms with Crippen LogP contribution in [0.1, 0.15) is 36.5 Å². The van der Waals surface area contributed by atoms with Crippen molar-refractivity contribution in [3.63, 3.8) is 0 Å². The minimum absolute atomic E-state index is 0.276. The third kappa shape index (κ3) is 4.43. The Bertz CT molecular complexity index is 578. The van der Waals surface area contributed by atoms with Crippen molar-refractivity contribution in [2.75, 3.05) is 0 Å². The van der Waals surface area contributed by atoms with Crippen molar-refractivity contribution < 1.29 is 9.53 Å². The Labute approximate surface area is 124 Å². The highest BCUT2D eigenvalue weighted by Gasteiger charge is 2.18. The van der Waals surface area contributed by atoms with Gasteiger partial charge in [0.1, 0.15) is 0 Å². The molecule has 0 amide bonds. The van der Waals surface area contributed by atoms with E-state index in [1.165, 1.54) is 0 Å². The Balaban J connectivity index is 2.04. The molecule has 0 unspecified atom stereocenters. The molecule has 0 radical (unpaired) electrons. The third-order valence-electron chi connectivity index (χ3n) is 3.06. The number of rotatable bonds is 6. The first-order chi connectivity index (χ1) is 10.1. The molecule has 0 saturated heterocycles. The molecule has 1 aromatic carbocycles. The molecule has 2 rings (SSSR count). The molecule has 1 atom stereocenters. The first-order valence-electron chi connectivity index (χ1n) is 7.08. The van der Waals surface area contributed by atoms with Crippen molar-refractivity contribution in [1.29, 1.82) is 0 Å². The molecule has 2 N–H and O–H groups in total. The molecule has 0 aliphatic carbocycles. The van der Waals surface area contributed by atoms with E-state index in [4.69, 9.17) is 10.5 Å². The average molecular weight is 287 g/mol. The van der Waals surface area contributed by atoms with Gasteiger partial charge in [0, 0.05) is 25.4 Å². The number of benzene rings is 1. The summed E-state index contributed by atoms with van der Waals surface area (Å²) in [4.78, 5) is 16.2. The zero-order chi connectivity index (χ0) is 15.2. The van der Waals surface area contributed by atoms with Crippen molar-refractivity contribution in [2.45, 2.75) is 33.0 Å². The molecule has 112 valence electrons. The molecular weight excluding hydrogens is 266 g/mol. The number of imidazole rings is 1. The molecule has 5 nitrogen and oxygen atoms in total. The standard InChI is InChI=1S/C16H21N3O2/c1-12(2)10-14(17)21-16(20)15-18-8-9-19(15)11-13-6-4-3-5-7-13/h3-9,12,14H,10-11,17H2,1-2H3/t14-/m0/s1. The summed E-state index contributed by atoms with van der Waals surface area (Å²) in [5, 5.41) is 0. The monoisotopic (exact) mass is 287 g/mol. The Morgan fingerprint density at radius 3 is 2.71 bits per heavy atom. The lowest BCUT2D eigenvalue weighted by Crippen LogP contribution is -2.30. The van der Waals surface area contributed by atoms with Gasteiger partial charge in [0.05, 0.1) is 0 Å². The third-order valence-corrected chi connectivity index (χ3v) is 3.06. The maximum Gasteiger partial charge on any atom is 0.376 e. The van der Waals surface area contributed by atoms with Gasteiger partial charge < -0.3 is 9.30 Å². The van der Waals surface area contributed by atoms with Crippen LogP contribution < -0.4 is 5.73 Å². The van der Waals surface area contributed by atoms with E-state index < -0.39 is 12.2 Å². The average Bonchev–Trinajstić information content (AvgIpc) is 2.87.